The zero-order chi connectivity index (χ0) is 36.9. The van der Waals surface area contributed by atoms with Gasteiger partial charge in [-0.1, -0.05) is 168 Å². The Balaban J connectivity index is -0.000000180. The number of nitrogens with two attached hydrogens (primary N) is 1. The SMILES string of the molecule is CCCCCCCCCCCC(CC=O)OC.CCCCCCCCCCCCCCCO.CCCC[C@@H](C)O.CN.O=P(O)(O)O. The average Bonchev–Trinajstić information content (AvgIpc) is 3.03. The standard InChI is InChI=1S/C15H30O2.C15H32O.C6H14O.CH5N.H3O4P/c1-3-4-5-6-7-8-9-10-11-12-15(17-2)13-14-16;1-2-3-4-5-6-7-8-9-10-11-12-13-14-15-16;1-3-4-5-6(2)7;1-2;1-5(2,3)4/h14-15H,3-13H2,1-2H3;16H,2-15H2,1H3;6-7H,3-5H2,1-2H3;2H2,1H3;(H3,1,2,3,4)/t;;6-;;/m..1../s1. The molecule has 0 aromatic carbocycles. The number of unbranched alkanes of at least 4 members (excludes halogenated alkanes) is 21. The molecule has 0 saturated carbocycles. The number of rotatable bonds is 29. The van der Waals surface area contributed by atoms with Crippen LogP contribution < -0.4 is 5.73 Å². The maximum absolute atomic E-state index is 10.4. The molecule has 9 nitrogen and oxygen atoms in total. The zero-order valence-electron chi connectivity index (χ0n) is 32.0. The van der Waals surface area contributed by atoms with E-state index >= 15 is 0 Å². The summed E-state index contributed by atoms with van der Waals surface area (Å²) in [5.74, 6) is 0. The van der Waals surface area contributed by atoms with Crippen molar-refractivity contribution in [3.8, 4) is 0 Å². The maximum Gasteiger partial charge on any atom is 0.466 e. The van der Waals surface area contributed by atoms with E-state index in [1.54, 1.807) is 7.11 Å². The van der Waals surface area contributed by atoms with Gasteiger partial charge in [-0.25, -0.2) is 4.57 Å². The summed E-state index contributed by atoms with van der Waals surface area (Å²) in [7, 11) is -1.44. The van der Waals surface area contributed by atoms with Crippen molar-refractivity contribution in [2.24, 2.45) is 5.73 Å². The van der Waals surface area contributed by atoms with Crippen LogP contribution in [0.25, 0.3) is 0 Å². The van der Waals surface area contributed by atoms with E-state index in [-0.39, 0.29) is 12.2 Å². The van der Waals surface area contributed by atoms with Crippen LogP contribution in [0, 0.1) is 0 Å². The Bertz CT molecular complexity index is 542. The molecular formula is C37H84NO8P. The molecule has 0 bridgehead atoms. The van der Waals surface area contributed by atoms with Gasteiger partial charge in [0.05, 0.1) is 12.2 Å². The molecule has 47 heavy (non-hydrogen) atoms. The molecule has 10 heteroatoms. The Morgan fingerprint density at radius 2 is 0.894 bits per heavy atom. The van der Waals surface area contributed by atoms with E-state index in [0.29, 0.717) is 13.0 Å². The molecule has 0 spiro atoms. The summed E-state index contributed by atoms with van der Waals surface area (Å²) in [6.07, 6.45) is 35.7. The molecule has 0 aromatic rings. The average molecular weight is 702 g/mol. The molecule has 0 aliphatic carbocycles. The van der Waals surface area contributed by atoms with Crippen LogP contribution in [0.1, 0.15) is 201 Å². The van der Waals surface area contributed by atoms with Gasteiger partial charge in [-0.15, -0.1) is 0 Å². The van der Waals surface area contributed by atoms with Gasteiger partial charge in [0.15, 0.2) is 0 Å². The van der Waals surface area contributed by atoms with Crippen LogP contribution in [-0.4, -0.2) is 64.2 Å². The van der Waals surface area contributed by atoms with E-state index in [2.05, 4.69) is 26.5 Å². The molecule has 0 aliphatic heterocycles. The Morgan fingerprint density at radius 3 is 1.13 bits per heavy atom. The number of hydrogen-bond acceptors (Lipinski definition) is 6. The maximum atomic E-state index is 10.4. The van der Waals surface area contributed by atoms with Crippen LogP contribution in [0.5, 0.6) is 0 Å². The Morgan fingerprint density at radius 1 is 0.596 bits per heavy atom. The van der Waals surface area contributed by atoms with Crippen molar-refractivity contribution >= 4 is 14.1 Å². The predicted molar refractivity (Wildman–Crippen MR) is 202 cm³/mol. The minimum absolute atomic E-state index is 0.0973. The van der Waals surface area contributed by atoms with Crippen molar-refractivity contribution in [3.05, 3.63) is 0 Å². The van der Waals surface area contributed by atoms with Crippen LogP contribution in [0.4, 0.5) is 0 Å². The topological polar surface area (TPSA) is 171 Å². The molecular weight excluding hydrogens is 617 g/mol. The van der Waals surface area contributed by atoms with Crippen LogP contribution in [0.15, 0.2) is 0 Å². The van der Waals surface area contributed by atoms with Crippen molar-refractivity contribution in [1.82, 2.24) is 0 Å². The fraction of sp³-hybridized carbons (Fsp3) is 0.973. The second-order valence-corrected chi connectivity index (χ2v) is 13.4. The molecule has 0 heterocycles. The van der Waals surface area contributed by atoms with Crippen molar-refractivity contribution < 1.29 is 39.0 Å². The number of ether oxygens (including phenoxy) is 1. The molecule has 0 radical (unpaired) electrons. The first-order valence-electron chi connectivity index (χ1n) is 19.1. The van der Waals surface area contributed by atoms with E-state index in [1.165, 1.54) is 148 Å². The molecule has 2 atom stereocenters. The minimum Gasteiger partial charge on any atom is -0.396 e. The number of aldehydes is 1. The number of aliphatic hydroxyl groups excluding tert-OH is 2. The van der Waals surface area contributed by atoms with Gasteiger partial charge in [0, 0.05) is 20.1 Å². The smallest absolute Gasteiger partial charge is 0.396 e. The van der Waals surface area contributed by atoms with Crippen molar-refractivity contribution in [3.63, 3.8) is 0 Å². The Kier molecular flexibility index (Phi) is 62.5. The lowest BCUT2D eigenvalue weighted by atomic mass is 10.0. The highest BCUT2D eigenvalue weighted by Crippen LogP contribution is 2.25. The van der Waals surface area contributed by atoms with E-state index in [1.807, 2.05) is 6.92 Å². The highest BCUT2D eigenvalue weighted by atomic mass is 31.2. The van der Waals surface area contributed by atoms with Gasteiger partial charge >= 0.3 is 7.82 Å². The second kappa shape index (κ2) is 52.4. The van der Waals surface area contributed by atoms with Gasteiger partial charge in [0.1, 0.15) is 6.29 Å². The summed E-state index contributed by atoms with van der Waals surface area (Å²) in [6, 6.07) is 0. The molecule has 290 valence electrons. The lowest BCUT2D eigenvalue weighted by Crippen LogP contribution is -2.10. The van der Waals surface area contributed by atoms with Gasteiger partial charge in [-0.05, 0) is 33.2 Å². The molecule has 0 fully saturated rings. The highest BCUT2D eigenvalue weighted by molar-refractivity contribution is 7.45. The van der Waals surface area contributed by atoms with Crippen molar-refractivity contribution in [2.45, 2.75) is 213 Å². The minimum atomic E-state index is -4.64. The van der Waals surface area contributed by atoms with Crippen LogP contribution in [-0.2, 0) is 14.1 Å². The number of hydrogen-bond donors (Lipinski definition) is 6. The Labute approximate surface area is 292 Å². The van der Waals surface area contributed by atoms with Gasteiger partial charge in [-0.2, -0.15) is 0 Å². The normalized spacial score (nSPS) is 11.7. The Hall–Kier alpha value is -0.380. The number of carbonyl (C=O) groups is 1. The fourth-order valence-electron chi connectivity index (χ4n) is 4.75. The molecule has 1 unspecified atom stereocenters. The van der Waals surface area contributed by atoms with Crippen LogP contribution in [0.2, 0.25) is 0 Å². The second-order valence-electron chi connectivity index (χ2n) is 12.3. The molecule has 0 saturated heterocycles. The first-order valence-corrected chi connectivity index (χ1v) is 20.7. The molecule has 0 amide bonds. The third-order valence-corrected chi connectivity index (χ3v) is 7.56. The highest BCUT2D eigenvalue weighted by Gasteiger charge is 2.05. The van der Waals surface area contributed by atoms with E-state index in [0.717, 1.165) is 32.0 Å². The molecule has 0 aliphatic rings. The summed E-state index contributed by atoms with van der Waals surface area (Å²) in [4.78, 5) is 31.9. The fourth-order valence-corrected chi connectivity index (χ4v) is 4.75. The number of carbonyl (C=O) groups excluding carboxylic acids is 1. The molecule has 0 rings (SSSR count). The van der Waals surface area contributed by atoms with Crippen LogP contribution in [0.3, 0.4) is 0 Å². The summed E-state index contributed by atoms with van der Waals surface area (Å²) in [5.41, 5.74) is 4.50. The lowest BCUT2D eigenvalue weighted by Gasteiger charge is -2.11. The monoisotopic (exact) mass is 702 g/mol. The van der Waals surface area contributed by atoms with Gasteiger partial charge < -0.3 is 40.2 Å². The first-order chi connectivity index (χ1) is 22.5. The van der Waals surface area contributed by atoms with E-state index in [4.69, 9.17) is 34.2 Å². The lowest BCUT2D eigenvalue weighted by molar-refractivity contribution is -0.110. The van der Waals surface area contributed by atoms with Crippen molar-refractivity contribution in [1.29, 1.82) is 0 Å². The third kappa shape index (κ3) is 81.6. The molecule has 7 N–H and O–H groups in total. The number of phosphoric acid groups is 1. The van der Waals surface area contributed by atoms with E-state index in [9.17, 15) is 4.79 Å². The quantitative estimate of drug-likeness (QED) is 0.0252. The molecule has 0 aromatic heterocycles. The van der Waals surface area contributed by atoms with Crippen molar-refractivity contribution in [2.75, 3.05) is 20.8 Å². The largest absolute Gasteiger partial charge is 0.466 e. The third-order valence-electron chi connectivity index (χ3n) is 7.56. The first kappa shape index (κ1) is 56.0. The van der Waals surface area contributed by atoms with Gasteiger partial charge in [-0.3, -0.25) is 0 Å². The van der Waals surface area contributed by atoms with Crippen LogP contribution >= 0.6 is 7.82 Å². The van der Waals surface area contributed by atoms with Gasteiger partial charge in [0.25, 0.3) is 0 Å². The zero-order valence-corrected chi connectivity index (χ0v) is 32.9. The van der Waals surface area contributed by atoms with Gasteiger partial charge in [0.2, 0.25) is 0 Å². The number of methoxy groups -OCH3 is 1. The summed E-state index contributed by atoms with van der Waals surface area (Å²) < 4.78 is 14.1. The predicted octanol–water partition coefficient (Wildman–Crippen LogP) is 9.78. The summed E-state index contributed by atoms with van der Waals surface area (Å²) >= 11 is 0. The number of aliphatic hydroxyl groups is 2. The summed E-state index contributed by atoms with van der Waals surface area (Å²) in [6.45, 7) is 8.86. The van der Waals surface area contributed by atoms with E-state index < -0.39 is 7.82 Å². The summed E-state index contributed by atoms with van der Waals surface area (Å²) in [5, 5.41) is 17.3.